The number of anilines is 2. The molecule has 0 saturated heterocycles. The van der Waals surface area contributed by atoms with Crippen molar-refractivity contribution in [2.75, 3.05) is 44.4 Å². The van der Waals surface area contributed by atoms with Gasteiger partial charge in [-0.3, -0.25) is 9.78 Å². The lowest BCUT2D eigenvalue weighted by Gasteiger charge is -2.21. The predicted octanol–water partition coefficient (Wildman–Crippen LogP) is 4.01. The molecule has 2 heterocycles. The molecule has 0 aliphatic rings. The summed E-state index contributed by atoms with van der Waals surface area (Å²) < 4.78 is 0. The van der Waals surface area contributed by atoms with Crippen molar-refractivity contribution in [3.8, 4) is 11.3 Å². The van der Waals surface area contributed by atoms with Gasteiger partial charge in [0, 0.05) is 37.6 Å². The zero-order valence-corrected chi connectivity index (χ0v) is 18.3. The molecule has 6 nitrogen and oxygen atoms in total. The predicted molar refractivity (Wildman–Crippen MR) is 123 cm³/mol. The minimum atomic E-state index is -0.168. The van der Waals surface area contributed by atoms with Crippen molar-refractivity contribution in [3.05, 3.63) is 71.5 Å². The van der Waals surface area contributed by atoms with Gasteiger partial charge < -0.3 is 15.1 Å². The summed E-state index contributed by atoms with van der Waals surface area (Å²) in [5.41, 5.74) is 5.00. The first-order valence-electron chi connectivity index (χ1n) is 10.0. The van der Waals surface area contributed by atoms with Crippen LogP contribution in [-0.4, -0.2) is 55.0 Å². The molecule has 30 heavy (non-hydrogen) atoms. The lowest BCUT2D eigenvalue weighted by molar-refractivity contribution is 0.102. The molecule has 0 unspecified atom stereocenters. The van der Waals surface area contributed by atoms with Crippen LogP contribution >= 0.6 is 0 Å². The molecule has 3 aromatic rings. The van der Waals surface area contributed by atoms with Gasteiger partial charge in [-0.15, -0.1) is 0 Å². The van der Waals surface area contributed by atoms with Gasteiger partial charge in [-0.2, -0.15) is 0 Å². The molecule has 1 amide bonds. The quantitative estimate of drug-likeness (QED) is 0.646. The summed E-state index contributed by atoms with van der Waals surface area (Å²) in [6.07, 6.45) is 1.77. The molecular weight excluding hydrogens is 374 g/mol. The summed E-state index contributed by atoms with van der Waals surface area (Å²) >= 11 is 0. The second kappa shape index (κ2) is 9.50. The van der Waals surface area contributed by atoms with E-state index in [-0.39, 0.29) is 5.91 Å². The topological polar surface area (TPSA) is 61.4 Å². The third-order valence-electron chi connectivity index (χ3n) is 5.03. The third-order valence-corrected chi connectivity index (χ3v) is 5.03. The van der Waals surface area contributed by atoms with E-state index in [4.69, 9.17) is 0 Å². The molecule has 1 N–H and O–H groups in total. The summed E-state index contributed by atoms with van der Waals surface area (Å²) in [5, 5.41) is 3.00. The molecule has 0 aliphatic carbocycles. The number of hydrogen-bond donors (Lipinski definition) is 1. The first kappa shape index (κ1) is 21.5. The Labute approximate surface area is 178 Å². The fraction of sp³-hybridized carbons (Fsp3) is 0.292. The average molecular weight is 404 g/mol. The second-order valence-electron chi connectivity index (χ2n) is 7.73. The Morgan fingerprint density at radius 1 is 1.00 bits per heavy atom. The molecule has 6 heteroatoms. The number of amides is 1. The van der Waals surface area contributed by atoms with Crippen molar-refractivity contribution < 1.29 is 4.79 Å². The smallest absolute Gasteiger partial charge is 0.257 e. The van der Waals surface area contributed by atoms with Crippen molar-refractivity contribution in [1.29, 1.82) is 0 Å². The first-order valence-corrected chi connectivity index (χ1v) is 10.0. The van der Waals surface area contributed by atoms with Gasteiger partial charge in [-0.1, -0.05) is 12.1 Å². The molecule has 0 bridgehead atoms. The van der Waals surface area contributed by atoms with E-state index in [1.165, 1.54) is 0 Å². The molecule has 156 valence electrons. The molecule has 0 fully saturated rings. The molecule has 3 rings (SSSR count). The zero-order valence-electron chi connectivity index (χ0n) is 18.3. The van der Waals surface area contributed by atoms with E-state index >= 15 is 0 Å². The summed E-state index contributed by atoms with van der Waals surface area (Å²) in [6, 6.07) is 15.4. The van der Waals surface area contributed by atoms with Crippen LogP contribution in [0.3, 0.4) is 0 Å². The molecule has 0 atom stereocenters. The van der Waals surface area contributed by atoms with E-state index in [1.54, 1.807) is 6.20 Å². The number of aromatic nitrogens is 2. The molecule has 0 spiro atoms. The maximum atomic E-state index is 12.9. The number of nitrogens with one attached hydrogen (secondary N) is 1. The van der Waals surface area contributed by atoms with E-state index in [1.807, 2.05) is 83.5 Å². The number of likely N-dealkylation sites (N-methyl/N-ethyl adjacent to an activating group) is 2. The Bertz CT molecular complexity index is 1020. The molecule has 1 aromatic carbocycles. The van der Waals surface area contributed by atoms with Crippen molar-refractivity contribution >= 4 is 17.4 Å². The number of carbonyl (C=O) groups excluding carboxylic acids is 1. The maximum absolute atomic E-state index is 12.9. The van der Waals surface area contributed by atoms with E-state index in [9.17, 15) is 4.79 Å². The minimum absolute atomic E-state index is 0.168. The Morgan fingerprint density at radius 3 is 2.47 bits per heavy atom. The van der Waals surface area contributed by atoms with E-state index in [2.05, 4.69) is 25.1 Å². The van der Waals surface area contributed by atoms with Gasteiger partial charge in [-0.05, 0) is 69.9 Å². The molecule has 0 aliphatic heterocycles. The highest BCUT2D eigenvalue weighted by molar-refractivity contribution is 6.05. The van der Waals surface area contributed by atoms with Crippen LogP contribution in [0.2, 0.25) is 0 Å². The monoisotopic (exact) mass is 403 g/mol. The third kappa shape index (κ3) is 5.21. The zero-order chi connectivity index (χ0) is 21.7. The number of nitrogens with zero attached hydrogens (tertiary/aromatic N) is 4. The van der Waals surface area contributed by atoms with Crippen molar-refractivity contribution in [3.63, 3.8) is 0 Å². The maximum Gasteiger partial charge on any atom is 0.257 e. The van der Waals surface area contributed by atoms with Crippen molar-refractivity contribution in [2.24, 2.45) is 0 Å². The molecular formula is C24H29N5O. The van der Waals surface area contributed by atoms with E-state index in [0.717, 1.165) is 41.4 Å². The highest BCUT2D eigenvalue weighted by atomic mass is 16.1. The number of benzene rings is 1. The fourth-order valence-electron chi connectivity index (χ4n) is 3.16. The van der Waals surface area contributed by atoms with Gasteiger partial charge in [0.2, 0.25) is 0 Å². The standard InChI is InChI=1S/C24H29N5O/c1-17-9-10-19(16-21(17)22-8-6-7-13-25-22)27-24(30)20-11-12-23(26-18(20)2)29(5)15-14-28(3)4/h6-13,16H,14-15H2,1-5H3,(H,27,30). The van der Waals surface area contributed by atoms with Crippen LogP contribution in [0.4, 0.5) is 11.5 Å². The van der Waals surface area contributed by atoms with Crippen LogP contribution in [-0.2, 0) is 0 Å². The first-order chi connectivity index (χ1) is 14.3. The van der Waals surface area contributed by atoms with Gasteiger partial charge in [0.15, 0.2) is 0 Å². The van der Waals surface area contributed by atoms with Crippen LogP contribution in [0.5, 0.6) is 0 Å². The van der Waals surface area contributed by atoms with Crippen molar-refractivity contribution in [1.82, 2.24) is 14.9 Å². The van der Waals surface area contributed by atoms with Gasteiger partial charge >= 0.3 is 0 Å². The highest BCUT2D eigenvalue weighted by Gasteiger charge is 2.14. The minimum Gasteiger partial charge on any atom is -0.358 e. The summed E-state index contributed by atoms with van der Waals surface area (Å²) in [7, 11) is 6.10. The van der Waals surface area contributed by atoms with Crippen LogP contribution in [0.1, 0.15) is 21.6 Å². The molecule has 0 saturated carbocycles. The number of aryl methyl sites for hydroxylation is 2. The normalized spacial score (nSPS) is 10.9. The number of rotatable bonds is 7. The number of carbonyl (C=O) groups is 1. The number of hydrogen-bond acceptors (Lipinski definition) is 5. The van der Waals surface area contributed by atoms with E-state index in [0.29, 0.717) is 11.3 Å². The fourth-order valence-corrected chi connectivity index (χ4v) is 3.16. The van der Waals surface area contributed by atoms with Gasteiger partial charge in [0.05, 0.1) is 17.0 Å². The van der Waals surface area contributed by atoms with Crippen LogP contribution < -0.4 is 10.2 Å². The summed E-state index contributed by atoms with van der Waals surface area (Å²) in [6.45, 7) is 5.71. The average Bonchev–Trinajstić information content (AvgIpc) is 2.73. The van der Waals surface area contributed by atoms with Crippen LogP contribution in [0.25, 0.3) is 11.3 Å². The largest absolute Gasteiger partial charge is 0.358 e. The van der Waals surface area contributed by atoms with Gasteiger partial charge in [-0.25, -0.2) is 4.98 Å². The Balaban J connectivity index is 1.76. The Morgan fingerprint density at radius 2 is 1.80 bits per heavy atom. The van der Waals surface area contributed by atoms with Gasteiger partial charge in [0.1, 0.15) is 5.82 Å². The SMILES string of the molecule is Cc1ccc(NC(=O)c2ccc(N(C)CCN(C)C)nc2C)cc1-c1ccccn1. The lowest BCUT2D eigenvalue weighted by Crippen LogP contribution is -2.29. The number of pyridine rings is 2. The van der Waals surface area contributed by atoms with Crippen LogP contribution in [0, 0.1) is 13.8 Å². The Kier molecular flexibility index (Phi) is 6.79. The highest BCUT2D eigenvalue weighted by Crippen LogP contribution is 2.25. The van der Waals surface area contributed by atoms with Gasteiger partial charge in [0.25, 0.3) is 5.91 Å². The molecule has 2 aromatic heterocycles. The molecule has 0 radical (unpaired) electrons. The summed E-state index contributed by atoms with van der Waals surface area (Å²) in [5.74, 6) is 0.692. The lowest BCUT2D eigenvalue weighted by atomic mass is 10.0. The van der Waals surface area contributed by atoms with Crippen LogP contribution in [0.15, 0.2) is 54.7 Å². The Hall–Kier alpha value is -3.25. The second-order valence-corrected chi connectivity index (χ2v) is 7.73. The van der Waals surface area contributed by atoms with Crippen molar-refractivity contribution in [2.45, 2.75) is 13.8 Å². The van der Waals surface area contributed by atoms with E-state index < -0.39 is 0 Å². The summed E-state index contributed by atoms with van der Waals surface area (Å²) in [4.78, 5) is 26.2.